The van der Waals surface area contributed by atoms with Crippen molar-refractivity contribution in [1.29, 1.82) is 0 Å². The van der Waals surface area contributed by atoms with E-state index in [2.05, 4.69) is 36.1 Å². The van der Waals surface area contributed by atoms with Crippen LogP contribution in [0.15, 0.2) is 24.3 Å². The van der Waals surface area contributed by atoms with Crippen molar-refractivity contribution in [1.82, 2.24) is 4.90 Å². The molecule has 0 aromatic heterocycles. The van der Waals surface area contributed by atoms with Crippen molar-refractivity contribution in [3.63, 3.8) is 0 Å². The van der Waals surface area contributed by atoms with E-state index in [-0.39, 0.29) is 0 Å². The molecule has 3 rings (SSSR count). The minimum atomic E-state index is 0.344. The first-order valence-electron chi connectivity index (χ1n) is 7.18. The van der Waals surface area contributed by atoms with Gasteiger partial charge in [-0.3, -0.25) is 0 Å². The van der Waals surface area contributed by atoms with Gasteiger partial charge in [0.2, 0.25) is 0 Å². The van der Waals surface area contributed by atoms with Crippen molar-refractivity contribution in [2.75, 3.05) is 19.6 Å². The van der Waals surface area contributed by atoms with E-state index in [1.165, 1.54) is 38.9 Å². The fourth-order valence-corrected chi connectivity index (χ4v) is 3.68. The molecule has 1 aromatic carbocycles. The predicted molar refractivity (Wildman–Crippen MR) is 77.4 cm³/mol. The highest BCUT2D eigenvalue weighted by molar-refractivity contribution is 6.20. The summed E-state index contributed by atoms with van der Waals surface area (Å²) in [6.07, 6.45) is 3.83. The lowest BCUT2D eigenvalue weighted by molar-refractivity contribution is 0.170. The minimum Gasteiger partial charge on any atom is -0.303 e. The zero-order valence-corrected chi connectivity index (χ0v) is 11.9. The van der Waals surface area contributed by atoms with Crippen LogP contribution in [0, 0.1) is 5.92 Å². The highest BCUT2D eigenvalue weighted by atomic mass is 35.5. The van der Waals surface area contributed by atoms with Gasteiger partial charge in [-0.25, -0.2) is 0 Å². The topological polar surface area (TPSA) is 3.24 Å². The van der Waals surface area contributed by atoms with E-state index in [9.17, 15) is 0 Å². The van der Waals surface area contributed by atoms with Crippen LogP contribution in [0.1, 0.15) is 36.8 Å². The van der Waals surface area contributed by atoms with Gasteiger partial charge < -0.3 is 4.90 Å². The predicted octanol–water partition coefficient (Wildman–Crippen LogP) is 3.67. The van der Waals surface area contributed by atoms with E-state index >= 15 is 0 Å². The molecule has 18 heavy (non-hydrogen) atoms. The number of fused-ring (bicyclic) bond motifs is 1. The summed E-state index contributed by atoms with van der Waals surface area (Å²) in [5.41, 5.74) is 3.15. The molecule has 98 valence electrons. The van der Waals surface area contributed by atoms with Gasteiger partial charge in [0.1, 0.15) is 0 Å². The molecule has 2 unspecified atom stereocenters. The van der Waals surface area contributed by atoms with E-state index < -0.39 is 0 Å². The molecule has 1 aliphatic carbocycles. The average Bonchev–Trinajstić information content (AvgIpc) is 2.36. The fourth-order valence-electron chi connectivity index (χ4n) is 3.43. The van der Waals surface area contributed by atoms with Crippen LogP contribution in [-0.2, 0) is 6.42 Å². The molecule has 2 atom stereocenters. The summed E-state index contributed by atoms with van der Waals surface area (Å²) in [6, 6.07) is 8.90. The summed E-state index contributed by atoms with van der Waals surface area (Å²) in [5, 5.41) is 0.344. The van der Waals surface area contributed by atoms with Crippen LogP contribution in [0.4, 0.5) is 0 Å². The highest BCUT2D eigenvalue weighted by Crippen LogP contribution is 2.36. The third kappa shape index (κ3) is 2.44. The molecule has 1 aromatic rings. The molecule has 0 amide bonds. The number of rotatable bonds is 3. The normalized spacial score (nSPS) is 26.4. The van der Waals surface area contributed by atoms with Crippen molar-refractivity contribution >= 4 is 11.6 Å². The van der Waals surface area contributed by atoms with Gasteiger partial charge in [0, 0.05) is 17.8 Å². The number of halogens is 1. The van der Waals surface area contributed by atoms with Gasteiger partial charge in [-0.15, -0.1) is 11.6 Å². The SMILES string of the molecule is CC(Cl)C1CCN(CC2Cc3ccccc32)CC1. The van der Waals surface area contributed by atoms with Gasteiger partial charge in [0.25, 0.3) is 0 Å². The van der Waals surface area contributed by atoms with Crippen LogP contribution in [0.5, 0.6) is 0 Å². The lowest BCUT2D eigenvalue weighted by Gasteiger charge is -2.38. The number of hydrogen-bond donors (Lipinski definition) is 0. The lowest BCUT2D eigenvalue weighted by atomic mass is 9.77. The Balaban J connectivity index is 1.52. The van der Waals surface area contributed by atoms with Crippen LogP contribution < -0.4 is 0 Å². The Morgan fingerprint density at radius 3 is 2.67 bits per heavy atom. The molecule has 0 radical (unpaired) electrons. The molecule has 2 heteroatoms. The third-order valence-corrected chi connectivity index (χ3v) is 5.08. The van der Waals surface area contributed by atoms with Gasteiger partial charge >= 0.3 is 0 Å². The van der Waals surface area contributed by atoms with E-state index in [1.807, 2.05) is 0 Å². The summed E-state index contributed by atoms with van der Waals surface area (Å²) in [5.74, 6) is 1.52. The fraction of sp³-hybridized carbons (Fsp3) is 0.625. The zero-order chi connectivity index (χ0) is 12.5. The maximum absolute atomic E-state index is 6.20. The van der Waals surface area contributed by atoms with Crippen LogP contribution in [-0.4, -0.2) is 29.9 Å². The van der Waals surface area contributed by atoms with E-state index in [1.54, 1.807) is 11.1 Å². The van der Waals surface area contributed by atoms with Gasteiger partial charge in [0.15, 0.2) is 0 Å². The van der Waals surface area contributed by atoms with Gasteiger partial charge in [-0.2, -0.15) is 0 Å². The summed E-state index contributed by atoms with van der Waals surface area (Å²) in [4.78, 5) is 2.64. The maximum atomic E-state index is 6.20. The maximum Gasteiger partial charge on any atom is 0.0337 e. The van der Waals surface area contributed by atoms with Crippen LogP contribution in [0.2, 0.25) is 0 Å². The molecule has 0 spiro atoms. The summed E-state index contributed by atoms with van der Waals surface area (Å²) >= 11 is 6.20. The molecule has 2 aliphatic rings. The lowest BCUT2D eigenvalue weighted by Crippen LogP contribution is -2.40. The molecule has 1 saturated heterocycles. The Morgan fingerprint density at radius 2 is 2.00 bits per heavy atom. The monoisotopic (exact) mass is 263 g/mol. The second kappa shape index (κ2) is 5.22. The first-order valence-corrected chi connectivity index (χ1v) is 7.62. The standard InChI is InChI=1S/C16H22ClN/c1-12(17)13-6-8-18(9-7-13)11-15-10-14-4-2-3-5-16(14)15/h2-5,12-13,15H,6-11H2,1H3. The van der Waals surface area contributed by atoms with E-state index in [4.69, 9.17) is 11.6 Å². The van der Waals surface area contributed by atoms with Crippen molar-refractivity contribution in [3.8, 4) is 0 Å². The molecule has 1 fully saturated rings. The Morgan fingerprint density at radius 1 is 1.28 bits per heavy atom. The molecule has 1 nitrogen and oxygen atoms in total. The Kier molecular flexibility index (Phi) is 3.63. The highest BCUT2D eigenvalue weighted by Gasteiger charge is 2.29. The quantitative estimate of drug-likeness (QED) is 0.753. The Bertz CT molecular complexity index is 407. The summed E-state index contributed by atoms with van der Waals surface area (Å²) in [6.45, 7) is 5.87. The van der Waals surface area contributed by atoms with Crippen LogP contribution >= 0.6 is 11.6 Å². The molecular weight excluding hydrogens is 242 g/mol. The van der Waals surface area contributed by atoms with Crippen LogP contribution in [0.3, 0.4) is 0 Å². The Hall–Kier alpha value is -0.530. The van der Waals surface area contributed by atoms with Crippen LogP contribution in [0.25, 0.3) is 0 Å². The third-order valence-electron chi connectivity index (χ3n) is 4.72. The number of piperidine rings is 1. The molecule has 0 N–H and O–H groups in total. The second-order valence-electron chi connectivity index (χ2n) is 5.92. The molecule has 1 aliphatic heterocycles. The molecule has 0 saturated carbocycles. The number of hydrogen-bond acceptors (Lipinski definition) is 1. The first kappa shape index (κ1) is 12.5. The van der Waals surface area contributed by atoms with E-state index in [0.717, 1.165) is 11.8 Å². The van der Waals surface area contributed by atoms with Gasteiger partial charge in [-0.1, -0.05) is 24.3 Å². The van der Waals surface area contributed by atoms with Gasteiger partial charge in [0.05, 0.1) is 0 Å². The molecular formula is C16H22ClN. The van der Waals surface area contributed by atoms with E-state index in [0.29, 0.717) is 5.38 Å². The number of alkyl halides is 1. The number of benzene rings is 1. The zero-order valence-electron chi connectivity index (χ0n) is 11.1. The minimum absolute atomic E-state index is 0.344. The molecule has 0 bridgehead atoms. The first-order chi connectivity index (χ1) is 8.74. The second-order valence-corrected chi connectivity index (χ2v) is 6.60. The van der Waals surface area contributed by atoms with Crippen molar-refractivity contribution < 1.29 is 0 Å². The van der Waals surface area contributed by atoms with Crippen molar-refractivity contribution in [2.24, 2.45) is 5.92 Å². The van der Waals surface area contributed by atoms with Crippen molar-refractivity contribution in [3.05, 3.63) is 35.4 Å². The summed E-state index contributed by atoms with van der Waals surface area (Å²) < 4.78 is 0. The average molecular weight is 264 g/mol. The van der Waals surface area contributed by atoms with Crippen molar-refractivity contribution in [2.45, 2.75) is 37.5 Å². The summed E-state index contributed by atoms with van der Waals surface area (Å²) in [7, 11) is 0. The number of nitrogens with zero attached hydrogens (tertiary/aromatic N) is 1. The molecule has 1 heterocycles. The smallest absolute Gasteiger partial charge is 0.0337 e. The van der Waals surface area contributed by atoms with Gasteiger partial charge in [-0.05, 0) is 56.3 Å². The number of likely N-dealkylation sites (tertiary alicyclic amines) is 1. The largest absolute Gasteiger partial charge is 0.303 e. The Labute approximate surface area is 115 Å².